The summed E-state index contributed by atoms with van der Waals surface area (Å²) in [5.41, 5.74) is 2.44. The van der Waals surface area contributed by atoms with E-state index >= 15 is 0 Å². The zero-order valence-corrected chi connectivity index (χ0v) is 8.70. The van der Waals surface area contributed by atoms with Crippen molar-refractivity contribution in [2.75, 3.05) is 7.05 Å². The summed E-state index contributed by atoms with van der Waals surface area (Å²) in [5.74, 6) is 0. The second-order valence-corrected chi connectivity index (χ2v) is 7.84. The Bertz CT molecular complexity index is 118. The summed E-state index contributed by atoms with van der Waals surface area (Å²) in [5, 5.41) is 0. The summed E-state index contributed by atoms with van der Waals surface area (Å²) in [6, 6.07) is 0. The predicted octanol–water partition coefficient (Wildman–Crippen LogP) is 2.41. The molecule has 60 valence electrons. The van der Waals surface area contributed by atoms with E-state index in [1.807, 2.05) is 12.7 Å². The molecular weight excluding hydrogens is 162 g/mol. The highest BCUT2D eigenvalue weighted by atomic mass is 35.6. The summed E-state index contributed by atoms with van der Waals surface area (Å²) >= 11 is 6.27. The molecule has 1 nitrogen and oxygen atoms in total. The third-order valence-corrected chi connectivity index (χ3v) is 7.36. The fraction of sp³-hybridized carbons (Fsp3) is 0.714. The zero-order chi connectivity index (χ0) is 8.20. The summed E-state index contributed by atoms with van der Waals surface area (Å²) in [4.78, 5) is 3.17. The fourth-order valence-electron chi connectivity index (χ4n) is 0.847. The van der Waals surface area contributed by atoms with E-state index in [-0.39, 0.29) is 0 Å². The number of halogens is 1. The van der Waals surface area contributed by atoms with Gasteiger partial charge in [-0.15, -0.1) is 17.7 Å². The average Bonchev–Trinajstić information content (AvgIpc) is 2.01. The SMILES string of the molecule is C=C[Si](Cl)(NC)C(C)CC. The number of rotatable bonds is 4. The van der Waals surface area contributed by atoms with Gasteiger partial charge in [0.25, 0.3) is 7.55 Å². The van der Waals surface area contributed by atoms with Gasteiger partial charge in [0.1, 0.15) is 0 Å². The van der Waals surface area contributed by atoms with E-state index in [9.17, 15) is 0 Å². The molecule has 0 aromatic heterocycles. The highest BCUT2D eigenvalue weighted by molar-refractivity contribution is 7.22. The monoisotopic (exact) mass is 177 g/mol. The van der Waals surface area contributed by atoms with Crippen LogP contribution in [0.1, 0.15) is 20.3 Å². The Kier molecular flexibility index (Phi) is 4.25. The van der Waals surface area contributed by atoms with Crippen molar-refractivity contribution in [2.45, 2.75) is 25.8 Å². The Morgan fingerprint density at radius 3 is 2.40 bits per heavy atom. The standard InChI is InChI=1S/C7H16ClNSi/c1-5-7(3)10(8,6-2)9-4/h6-7,9H,2,5H2,1,3-4H3. The van der Waals surface area contributed by atoms with Crippen LogP contribution in [0.25, 0.3) is 0 Å². The number of hydrogen-bond acceptors (Lipinski definition) is 1. The van der Waals surface area contributed by atoms with Gasteiger partial charge < -0.3 is 4.98 Å². The van der Waals surface area contributed by atoms with Crippen LogP contribution in [0.15, 0.2) is 12.3 Å². The molecule has 10 heavy (non-hydrogen) atoms. The molecule has 3 heteroatoms. The Hall–Kier alpha value is 0.207. The molecule has 0 aromatic rings. The molecular formula is C7H16ClNSi. The van der Waals surface area contributed by atoms with Crippen molar-refractivity contribution in [1.29, 1.82) is 0 Å². The van der Waals surface area contributed by atoms with Crippen molar-refractivity contribution >= 4 is 18.6 Å². The van der Waals surface area contributed by atoms with E-state index in [0.29, 0.717) is 5.54 Å². The largest absolute Gasteiger partial charge is 0.325 e. The lowest BCUT2D eigenvalue weighted by atomic mass is 10.4. The first-order chi connectivity index (χ1) is 4.60. The van der Waals surface area contributed by atoms with Gasteiger partial charge in [0.15, 0.2) is 0 Å². The maximum absolute atomic E-state index is 6.27. The first kappa shape index (κ1) is 10.2. The normalized spacial score (nSPS) is 19.6. The molecule has 0 rings (SSSR count). The Labute approximate surface area is 69.3 Å². The van der Waals surface area contributed by atoms with Gasteiger partial charge in [0.05, 0.1) is 0 Å². The summed E-state index contributed by atoms with van der Waals surface area (Å²) in [7, 11) is 0.0952. The van der Waals surface area contributed by atoms with Crippen LogP contribution in [0.2, 0.25) is 5.54 Å². The van der Waals surface area contributed by atoms with Crippen LogP contribution in [0.5, 0.6) is 0 Å². The minimum atomic E-state index is -1.81. The van der Waals surface area contributed by atoms with Gasteiger partial charge in [0, 0.05) is 0 Å². The molecule has 0 aliphatic carbocycles. The molecule has 0 aliphatic rings. The Morgan fingerprint density at radius 1 is 1.80 bits per heavy atom. The van der Waals surface area contributed by atoms with Crippen LogP contribution >= 0.6 is 11.1 Å². The maximum atomic E-state index is 6.27. The second kappa shape index (κ2) is 4.16. The van der Waals surface area contributed by atoms with Crippen LogP contribution in [0.3, 0.4) is 0 Å². The molecule has 0 saturated heterocycles. The van der Waals surface area contributed by atoms with Gasteiger partial charge in [-0.1, -0.05) is 26.0 Å². The summed E-state index contributed by atoms with van der Waals surface area (Å²) in [6.45, 7) is 8.05. The van der Waals surface area contributed by atoms with Crippen molar-refractivity contribution < 1.29 is 0 Å². The van der Waals surface area contributed by atoms with E-state index in [2.05, 4.69) is 25.4 Å². The fourth-order valence-corrected chi connectivity index (χ4v) is 3.00. The minimum absolute atomic E-state index is 0.552. The lowest BCUT2D eigenvalue weighted by Crippen LogP contribution is -2.44. The molecule has 0 saturated carbocycles. The van der Waals surface area contributed by atoms with Gasteiger partial charge in [-0.05, 0) is 12.6 Å². The van der Waals surface area contributed by atoms with E-state index in [4.69, 9.17) is 11.1 Å². The molecule has 0 bridgehead atoms. The summed E-state index contributed by atoms with van der Waals surface area (Å²) < 4.78 is 0. The van der Waals surface area contributed by atoms with Crippen molar-refractivity contribution in [2.24, 2.45) is 0 Å². The maximum Gasteiger partial charge on any atom is 0.252 e. The van der Waals surface area contributed by atoms with Crippen LogP contribution in [-0.2, 0) is 0 Å². The second-order valence-electron chi connectivity index (χ2n) is 2.53. The minimum Gasteiger partial charge on any atom is -0.325 e. The van der Waals surface area contributed by atoms with Gasteiger partial charge in [-0.2, -0.15) is 0 Å². The van der Waals surface area contributed by atoms with Crippen LogP contribution in [0, 0.1) is 0 Å². The quantitative estimate of drug-likeness (QED) is 0.514. The van der Waals surface area contributed by atoms with Gasteiger partial charge in [0.2, 0.25) is 0 Å². The third-order valence-electron chi connectivity index (χ3n) is 2.01. The summed E-state index contributed by atoms with van der Waals surface area (Å²) in [6.07, 6.45) is 1.11. The molecule has 0 spiro atoms. The van der Waals surface area contributed by atoms with Crippen LogP contribution in [-0.4, -0.2) is 14.6 Å². The lowest BCUT2D eigenvalue weighted by Gasteiger charge is -2.25. The molecule has 2 unspecified atom stereocenters. The molecule has 0 heterocycles. The van der Waals surface area contributed by atoms with E-state index in [0.717, 1.165) is 6.42 Å². The van der Waals surface area contributed by atoms with Crippen LogP contribution in [0.4, 0.5) is 0 Å². The van der Waals surface area contributed by atoms with Crippen molar-refractivity contribution in [1.82, 2.24) is 4.98 Å². The third kappa shape index (κ3) is 2.11. The topological polar surface area (TPSA) is 12.0 Å². The smallest absolute Gasteiger partial charge is 0.252 e. The number of nitrogens with one attached hydrogen (secondary N) is 1. The average molecular weight is 178 g/mol. The molecule has 0 aromatic carbocycles. The van der Waals surface area contributed by atoms with E-state index < -0.39 is 7.55 Å². The first-order valence-electron chi connectivity index (χ1n) is 3.62. The molecule has 0 fully saturated rings. The van der Waals surface area contributed by atoms with Crippen molar-refractivity contribution in [3.63, 3.8) is 0 Å². The molecule has 0 radical (unpaired) electrons. The van der Waals surface area contributed by atoms with E-state index in [1.165, 1.54) is 0 Å². The molecule has 2 atom stereocenters. The van der Waals surface area contributed by atoms with Gasteiger partial charge in [-0.3, -0.25) is 0 Å². The van der Waals surface area contributed by atoms with Crippen molar-refractivity contribution in [3.05, 3.63) is 12.3 Å². The van der Waals surface area contributed by atoms with Gasteiger partial charge >= 0.3 is 0 Å². The highest BCUT2D eigenvalue weighted by Gasteiger charge is 2.31. The molecule has 0 aliphatic heterocycles. The molecule has 0 amide bonds. The lowest BCUT2D eigenvalue weighted by molar-refractivity contribution is 0.836. The molecule has 1 N–H and O–H groups in total. The zero-order valence-electron chi connectivity index (χ0n) is 6.95. The van der Waals surface area contributed by atoms with Crippen molar-refractivity contribution in [3.8, 4) is 0 Å². The van der Waals surface area contributed by atoms with E-state index in [1.54, 1.807) is 0 Å². The van der Waals surface area contributed by atoms with Gasteiger partial charge in [-0.25, -0.2) is 0 Å². The first-order valence-corrected chi connectivity index (χ1v) is 6.78. The Balaban J connectivity index is 4.16. The predicted molar refractivity (Wildman–Crippen MR) is 50.6 cm³/mol. The Morgan fingerprint density at radius 2 is 2.30 bits per heavy atom. The highest BCUT2D eigenvalue weighted by Crippen LogP contribution is 2.25. The number of hydrogen-bond donors (Lipinski definition) is 1. The van der Waals surface area contributed by atoms with Crippen LogP contribution < -0.4 is 4.98 Å².